The number of aromatic amines is 1. The number of H-pyrrole nitrogens is 1. The molecule has 4 aromatic rings. The van der Waals surface area contributed by atoms with E-state index >= 15 is 0 Å². The third-order valence-corrected chi connectivity index (χ3v) is 6.10. The topological polar surface area (TPSA) is 73.6 Å². The van der Waals surface area contributed by atoms with Gasteiger partial charge in [-0.05, 0) is 67.7 Å². The number of nitrogens with one attached hydrogen (secondary N) is 2. The largest absolute Gasteiger partial charge is 0.361 e. The van der Waals surface area contributed by atoms with E-state index in [0.29, 0.717) is 13.0 Å². The first-order valence-corrected chi connectivity index (χ1v) is 11.3. The summed E-state index contributed by atoms with van der Waals surface area (Å²) in [5, 5.41) is 13.7. The number of para-hydroxylation sites is 2. The van der Waals surface area contributed by atoms with Crippen LogP contribution in [0.3, 0.4) is 0 Å². The fraction of sp³-hybridized carbons (Fsp3) is 0.214. The Balaban J connectivity index is 1.51. The summed E-state index contributed by atoms with van der Waals surface area (Å²) in [5.74, 6) is -0.351. The SMILES string of the molecule is CCc1ccccc1-n1c(C)cc(/C=C(/C#N)C(=O)NCCc2c[nH]c3ccccc23)c1C. The summed E-state index contributed by atoms with van der Waals surface area (Å²) in [4.78, 5) is 16.0. The molecule has 0 aliphatic rings. The van der Waals surface area contributed by atoms with Crippen molar-refractivity contribution in [2.75, 3.05) is 6.54 Å². The summed E-state index contributed by atoms with van der Waals surface area (Å²) in [6.07, 6.45) is 5.28. The van der Waals surface area contributed by atoms with E-state index in [0.717, 1.165) is 45.5 Å². The molecule has 5 heteroatoms. The number of amides is 1. The van der Waals surface area contributed by atoms with Gasteiger partial charge in [0.1, 0.15) is 11.6 Å². The molecule has 1 amide bonds. The molecular weight excluding hydrogens is 408 g/mol. The summed E-state index contributed by atoms with van der Waals surface area (Å²) in [5.41, 5.74) is 7.67. The van der Waals surface area contributed by atoms with Crippen LogP contribution in [0.25, 0.3) is 22.7 Å². The lowest BCUT2D eigenvalue weighted by Crippen LogP contribution is -2.26. The standard InChI is InChI=1S/C28H28N4O/c1-4-21-9-5-8-12-27(21)32-19(2)15-23(20(32)3)16-24(17-29)28(33)30-14-13-22-18-31-26-11-7-6-10-25(22)26/h5-12,15-16,18,31H,4,13-14H2,1-3H3,(H,30,33)/b24-16-. The van der Waals surface area contributed by atoms with Crippen LogP contribution in [0, 0.1) is 25.2 Å². The van der Waals surface area contributed by atoms with Gasteiger partial charge in [0.25, 0.3) is 5.91 Å². The average Bonchev–Trinajstić information content (AvgIpc) is 3.37. The van der Waals surface area contributed by atoms with Crippen LogP contribution in [0.2, 0.25) is 0 Å². The molecule has 0 saturated carbocycles. The van der Waals surface area contributed by atoms with Gasteiger partial charge in [0.05, 0.1) is 0 Å². The van der Waals surface area contributed by atoms with Crippen LogP contribution in [0.1, 0.15) is 35.0 Å². The fourth-order valence-electron chi connectivity index (χ4n) is 4.38. The number of hydrogen-bond donors (Lipinski definition) is 2. The maximum atomic E-state index is 12.7. The van der Waals surface area contributed by atoms with E-state index in [-0.39, 0.29) is 11.5 Å². The predicted octanol–water partition coefficient (Wildman–Crippen LogP) is 5.40. The van der Waals surface area contributed by atoms with Gasteiger partial charge in [-0.15, -0.1) is 0 Å². The molecule has 2 heterocycles. The van der Waals surface area contributed by atoms with Crippen molar-refractivity contribution in [1.82, 2.24) is 14.9 Å². The molecule has 2 aromatic heterocycles. The van der Waals surface area contributed by atoms with Crippen LogP contribution in [0.4, 0.5) is 0 Å². The second kappa shape index (κ2) is 9.62. The van der Waals surface area contributed by atoms with Gasteiger partial charge in [-0.1, -0.05) is 43.3 Å². The first-order chi connectivity index (χ1) is 16.0. The van der Waals surface area contributed by atoms with Gasteiger partial charge < -0.3 is 14.9 Å². The van der Waals surface area contributed by atoms with E-state index in [1.54, 1.807) is 6.08 Å². The average molecular weight is 437 g/mol. The zero-order valence-electron chi connectivity index (χ0n) is 19.3. The van der Waals surface area contributed by atoms with Gasteiger partial charge in [-0.2, -0.15) is 5.26 Å². The molecule has 0 unspecified atom stereocenters. The van der Waals surface area contributed by atoms with Crippen LogP contribution in [0.5, 0.6) is 0 Å². The number of carbonyl (C=O) groups excluding carboxylic acids is 1. The quantitative estimate of drug-likeness (QED) is 0.301. The molecular formula is C28H28N4O. The first kappa shape index (κ1) is 22.2. The smallest absolute Gasteiger partial charge is 0.261 e. The molecule has 0 aliphatic heterocycles. The van der Waals surface area contributed by atoms with Crippen LogP contribution in [-0.4, -0.2) is 22.0 Å². The normalized spacial score (nSPS) is 11.5. The van der Waals surface area contributed by atoms with Crippen molar-refractivity contribution in [2.24, 2.45) is 0 Å². The van der Waals surface area contributed by atoms with E-state index in [4.69, 9.17) is 0 Å². The molecule has 33 heavy (non-hydrogen) atoms. The second-order valence-corrected chi connectivity index (χ2v) is 8.18. The number of fused-ring (bicyclic) bond motifs is 1. The van der Waals surface area contributed by atoms with Gasteiger partial charge in [-0.3, -0.25) is 4.79 Å². The molecule has 0 aliphatic carbocycles. The fourth-order valence-corrected chi connectivity index (χ4v) is 4.38. The number of aromatic nitrogens is 2. The summed E-state index contributed by atoms with van der Waals surface area (Å²) in [7, 11) is 0. The van der Waals surface area contributed by atoms with Crippen LogP contribution >= 0.6 is 0 Å². The Morgan fingerprint density at radius 1 is 1.12 bits per heavy atom. The van der Waals surface area contributed by atoms with Crippen molar-refractivity contribution in [3.8, 4) is 11.8 Å². The van der Waals surface area contributed by atoms with Gasteiger partial charge in [0.2, 0.25) is 0 Å². The lowest BCUT2D eigenvalue weighted by molar-refractivity contribution is -0.117. The predicted molar refractivity (Wildman–Crippen MR) is 133 cm³/mol. The molecule has 166 valence electrons. The number of benzene rings is 2. The summed E-state index contributed by atoms with van der Waals surface area (Å²) in [6, 6.07) is 20.5. The number of carbonyl (C=O) groups is 1. The Hall–Kier alpha value is -4.04. The number of hydrogen-bond acceptors (Lipinski definition) is 2. The van der Waals surface area contributed by atoms with Crippen LogP contribution in [0.15, 0.2) is 66.4 Å². The van der Waals surface area contributed by atoms with E-state index in [2.05, 4.69) is 46.1 Å². The van der Waals surface area contributed by atoms with Gasteiger partial charge >= 0.3 is 0 Å². The minimum Gasteiger partial charge on any atom is -0.361 e. The van der Waals surface area contributed by atoms with Crippen molar-refractivity contribution in [1.29, 1.82) is 5.26 Å². The molecule has 5 nitrogen and oxygen atoms in total. The minimum atomic E-state index is -0.351. The third kappa shape index (κ3) is 4.47. The minimum absolute atomic E-state index is 0.109. The first-order valence-electron chi connectivity index (χ1n) is 11.3. The van der Waals surface area contributed by atoms with Gasteiger partial charge in [0, 0.05) is 40.7 Å². The van der Waals surface area contributed by atoms with Crippen molar-refractivity contribution < 1.29 is 4.79 Å². The van der Waals surface area contributed by atoms with Crippen molar-refractivity contribution in [2.45, 2.75) is 33.6 Å². The molecule has 0 bridgehead atoms. The lowest BCUT2D eigenvalue weighted by atomic mass is 10.1. The Morgan fingerprint density at radius 3 is 2.67 bits per heavy atom. The zero-order chi connectivity index (χ0) is 23.4. The number of aryl methyl sites for hydroxylation is 2. The van der Waals surface area contributed by atoms with E-state index < -0.39 is 0 Å². The summed E-state index contributed by atoms with van der Waals surface area (Å²) < 4.78 is 2.19. The van der Waals surface area contributed by atoms with E-state index in [1.165, 1.54) is 5.56 Å². The maximum absolute atomic E-state index is 12.7. The Kier molecular flexibility index (Phi) is 6.46. The van der Waals surface area contributed by atoms with Crippen LogP contribution < -0.4 is 5.32 Å². The lowest BCUT2D eigenvalue weighted by Gasteiger charge is -2.14. The Labute approximate surface area is 194 Å². The molecule has 0 saturated heterocycles. The summed E-state index contributed by atoms with van der Waals surface area (Å²) >= 11 is 0. The Bertz CT molecular complexity index is 1380. The van der Waals surface area contributed by atoms with E-state index in [1.807, 2.05) is 56.4 Å². The highest BCUT2D eigenvalue weighted by atomic mass is 16.1. The monoisotopic (exact) mass is 436 g/mol. The highest BCUT2D eigenvalue weighted by Gasteiger charge is 2.15. The molecule has 0 atom stereocenters. The van der Waals surface area contributed by atoms with Crippen molar-refractivity contribution in [3.63, 3.8) is 0 Å². The zero-order valence-corrected chi connectivity index (χ0v) is 19.3. The van der Waals surface area contributed by atoms with Crippen LogP contribution in [-0.2, 0) is 17.6 Å². The highest BCUT2D eigenvalue weighted by Crippen LogP contribution is 2.25. The third-order valence-electron chi connectivity index (χ3n) is 6.10. The van der Waals surface area contributed by atoms with Gasteiger partial charge in [-0.25, -0.2) is 0 Å². The number of nitriles is 1. The van der Waals surface area contributed by atoms with Gasteiger partial charge in [0.15, 0.2) is 0 Å². The molecule has 2 N–H and O–H groups in total. The molecule has 0 radical (unpaired) electrons. The molecule has 0 spiro atoms. The summed E-state index contributed by atoms with van der Waals surface area (Å²) in [6.45, 7) is 6.67. The Morgan fingerprint density at radius 2 is 1.88 bits per heavy atom. The number of nitrogens with zero attached hydrogens (tertiary/aromatic N) is 2. The highest BCUT2D eigenvalue weighted by molar-refractivity contribution is 6.01. The molecule has 4 rings (SSSR count). The van der Waals surface area contributed by atoms with E-state index in [9.17, 15) is 10.1 Å². The number of rotatable bonds is 7. The van der Waals surface area contributed by atoms with Crippen molar-refractivity contribution in [3.05, 3.63) is 94.4 Å². The molecule has 0 fully saturated rings. The van der Waals surface area contributed by atoms with Crippen molar-refractivity contribution >= 4 is 22.9 Å². The maximum Gasteiger partial charge on any atom is 0.261 e. The molecule has 2 aromatic carbocycles. The second-order valence-electron chi connectivity index (χ2n) is 8.18.